The van der Waals surface area contributed by atoms with Crippen LogP contribution in [-0.4, -0.2) is 61.0 Å². The van der Waals surface area contributed by atoms with Gasteiger partial charge in [0.1, 0.15) is 11.6 Å². The lowest BCUT2D eigenvalue weighted by Crippen LogP contribution is -2.58. The molecule has 1 saturated heterocycles. The molecule has 5 heterocycles. The summed E-state index contributed by atoms with van der Waals surface area (Å²) in [4.78, 5) is 8.75. The molecule has 4 aromatic rings. The molecule has 28 heavy (non-hydrogen) atoms. The Kier molecular flexibility index (Phi) is 4.01. The number of likely N-dealkylation sites (N-methyl/N-ethyl adjacent to an activating group) is 1. The molecular formula is C19H20N8O. The van der Waals surface area contributed by atoms with Crippen LogP contribution < -0.4 is 4.90 Å². The Morgan fingerprint density at radius 1 is 1.18 bits per heavy atom. The molecule has 0 unspecified atom stereocenters. The van der Waals surface area contributed by atoms with Crippen LogP contribution in [0.1, 0.15) is 11.3 Å². The van der Waals surface area contributed by atoms with Crippen LogP contribution >= 0.6 is 0 Å². The molecule has 142 valence electrons. The molecule has 1 aliphatic heterocycles. The zero-order valence-corrected chi connectivity index (χ0v) is 15.7. The van der Waals surface area contributed by atoms with Gasteiger partial charge in [0.05, 0.1) is 6.20 Å². The maximum atomic E-state index is 5.15. The van der Waals surface area contributed by atoms with Crippen LogP contribution in [0.5, 0.6) is 0 Å². The van der Waals surface area contributed by atoms with Crippen molar-refractivity contribution >= 4 is 11.5 Å². The third-order valence-corrected chi connectivity index (χ3v) is 5.25. The number of hydrogen-bond acceptors (Lipinski definition) is 8. The van der Waals surface area contributed by atoms with Gasteiger partial charge in [-0.15, -0.1) is 15.3 Å². The summed E-state index contributed by atoms with van der Waals surface area (Å²) in [5.74, 6) is 2.50. The molecule has 5 rings (SSSR count). The predicted octanol–water partition coefficient (Wildman–Crippen LogP) is 1.80. The van der Waals surface area contributed by atoms with E-state index in [0.717, 1.165) is 48.0 Å². The summed E-state index contributed by atoms with van der Waals surface area (Å²) in [6, 6.07) is 8.25. The molecule has 0 atom stereocenters. The van der Waals surface area contributed by atoms with Crippen molar-refractivity contribution in [3.05, 3.63) is 54.2 Å². The molecular weight excluding hydrogens is 356 g/mol. The summed E-state index contributed by atoms with van der Waals surface area (Å²) in [6.45, 7) is 4.62. The summed E-state index contributed by atoms with van der Waals surface area (Å²) < 4.78 is 6.93. The molecule has 1 fully saturated rings. The van der Waals surface area contributed by atoms with E-state index in [2.05, 4.69) is 37.2 Å². The van der Waals surface area contributed by atoms with Gasteiger partial charge in [-0.1, -0.05) is 5.16 Å². The summed E-state index contributed by atoms with van der Waals surface area (Å²) in [5, 5.41) is 17.1. The maximum absolute atomic E-state index is 5.15. The van der Waals surface area contributed by atoms with E-state index in [9.17, 15) is 0 Å². The minimum Gasteiger partial charge on any atom is -0.361 e. The normalized spacial score (nSPS) is 14.8. The lowest BCUT2D eigenvalue weighted by atomic mass is 10.1. The van der Waals surface area contributed by atoms with Crippen molar-refractivity contribution in [3.8, 4) is 11.4 Å². The van der Waals surface area contributed by atoms with E-state index in [1.165, 1.54) is 0 Å². The second-order valence-electron chi connectivity index (χ2n) is 7.11. The van der Waals surface area contributed by atoms with Gasteiger partial charge >= 0.3 is 0 Å². The Balaban J connectivity index is 1.32. The van der Waals surface area contributed by atoms with Crippen LogP contribution in [0, 0.1) is 6.92 Å². The van der Waals surface area contributed by atoms with E-state index >= 15 is 0 Å². The highest BCUT2D eigenvalue weighted by atomic mass is 16.5. The molecule has 0 N–H and O–H groups in total. The average Bonchev–Trinajstić information content (AvgIpc) is 3.27. The fourth-order valence-corrected chi connectivity index (χ4v) is 3.41. The van der Waals surface area contributed by atoms with Gasteiger partial charge in [0.15, 0.2) is 11.5 Å². The van der Waals surface area contributed by atoms with E-state index in [4.69, 9.17) is 9.62 Å². The number of anilines is 1. The van der Waals surface area contributed by atoms with Crippen LogP contribution in [-0.2, 0) is 6.54 Å². The number of nitrogens with zero attached hydrogens (tertiary/aromatic N) is 8. The van der Waals surface area contributed by atoms with Crippen molar-refractivity contribution in [2.24, 2.45) is 0 Å². The smallest absolute Gasteiger partial charge is 0.187 e. The van der Waals surface area contributed by atoms with Crippen molar-refractivity contribution in [3.63, 3.8) is 0 Å². The third kappa shape index (κ3) is 2.89. The summed E-state index contributed by atoms with van der Waals surface area (Å²) in [7, 11) is 2.13. The first kappa shape index (κ1) is 16.8. The van der Waals surface area contributed by atoms with Gasteiger partial charge in [0.25, 0.3) is 0 Å². The van der Waals surface area contributed by atoms with Crippen molar-refractivity contribution in [2.45, 2.75) is 19.5 Å². The van der Waals surface area contributed by atoms with Gasteiger partial charge in [-0.05, 0) is 38.2 Å². The fraction of sp³-hybridized carbons (Fsp3) is 0.316. The van der Waals surface area contributed by atoms with Crippen LogP contribution in [0.4, 0.5) is 5.82 Å². The molecule has 0 amide bonds. The largest absolute Gasteiger partial charge is 0.361 e. The third-order valence-electron chi connectivity index (χ3n) is 5.25. The van der Waals surface area contributed by atoms with Crippen LogP contribution in [0.2, 0.25) is 0 Å². The standard InChI is InChI=1S/C19H20N8O/c1-13-15(9-21-28-13)10-25(2)16-11-26(12-16)18-6-5-17-22-23-19(27(17)24-18)14-4-3-7-20-8-14/h3-9,16H,10-12H2,1-2H3. The molecule has 0 saturated carbocycles. The van der Waals surface area contributed by atoms with E-state index in [1.54, 1.807) is 23.1 Å². The second kappa shape index (κ2) is 6.68. The van der Waals surface area contributed by atoms with E-state index in [-0.39, 0.29) is 0 Å². The summed E-state index contributed by atoms with van der Waals surface area (Å²) in [6.07, 6.45) is 5.30. The zero-order chi connectivity index (χ0) is 19.1. The molecule has 0 spiro atoms. The van der Waals surface area contributed by atoms with Gasteiger partial charge in [0.2, 0.25) is 0 Å². The van der Waals surface area contributed by atoms with Crippen LogP contribution in [0.25, 0.3) is 17.0 Å². The SMILES string of the molecule is Cc1oncc1CN(C)C1CN(c2ccc3nnc(-c4cccnc4)n3n2)C1. The van der Waals surface area contributed by atoms with Crippen molar-refractivity contribution in [1.82, 2.24) is 34.9 Å². The highest BCUT2D eigenvalue weighted by Gasteiger charge is 2.31. The Bertz CT molecular complexity index is 1100. The summed E-state index contributed by atoms with van der Waals surface area (Å²) in [5.41, 5.74) is 2.75. The van der Waals surface area contributed by atoms with Crippen molar-refractivity contribution in [2.75, 3.05) is 25.0 Å². The molecule has 0 aliphatic carbocycles. The van der Waals surface area contributed by atoms with Gasteiger partial charge in [-0.25, -0.2) is 0 Å². The van der Waals surface area contributed by atoms with E-state index < -0.39 is 0 Å². The Labute approximate surface area is 161 Å². The highest BCUT2D eigenvalue weighted by molar-refractivity contribution is 5.58. The second-order valence-corrected chi connectivity index (χ2v) is 7.11. The van der Waals surface area contributed by atoms with Gasteiger partial charge < -0.3 is 9.42 Å². The molecule has 0 radical (unpaired) electrons. The number of rotatable bonds is 5. The first-order chi connectivity index (χ1) is 13.7. The Hall–Kier alpha value is -3.33. The summed E-state index contributed by atoms with van der Waals surface area (Å²) >= 11 is 0. The minimum atomic E-state index is 0.463. The highest BCUT2D eigenvalue weighted by Crippen LogP contribution is 2.24. The van der Waals surface area contributed by atoms with E-state index in [1.807, 2.05) is 31.2 Å². The molecule has 4 aromatic heterocycles. The fourth-order valence-electron chi connectivity index (χ4n) is 3.41. The first-order valence-corrected chi connectivity index (χ1v) is 9.17. The van der Waals surface area contributed by atoms with Gasteiger partial charge in [-0.2, -0.15) is 4.52 Å². The topological polar surface area (TPSA) is 88.5 Å². The van der Waals surface area contributed by atoms with Crippen LogP contribution in [0.3, 0.4) is 0 Å². The monoisotopic (exact) mass is 376 g/mol. The zero-order valence-electron chi connectivity index (χ0n) is 15.7. The molecule has 9 nitrogen and oxygen atoms in total. The Morgan fingerprint density at radius 3 is 2.82 bits per heavy atom. The molecule has 9 heteroatoms. The lowest BCUT2D eigenvalue weighted by Gasteiger charge is -2.44. The maximum Gasteiger partial charge on any atom is 0.187 e. The van der Waals surface area contributed by atoms with Gasteiger partial charge in [0, 0.05) is 49.2 Å². The average molecular weight is 376 g/mol. The van der Waals surface area contributed by atoms with Gasteiger partial charge in [-0.3, -0.25) is 9.88 Å². The quantitative estimate of drug-likeness (QED) is 0.521. The number of aromatic nitrogens is 6. The number of aryl methyl sites for hydroxylation is 1. The predicted molar refractivity (Wildman–Crippen MR) is 103 cm³/mol. The van der Waals surface area contributed by atoms with Crippen LogP contribution in [0.15, 0.2) is 47.4 Å². The number of fused-ring (bicyclic) bond motifs is 1. The van der Waals surface area contributed by atoms with E-state index in [0.29, 0.717) is 11.9 Å². The molecule has 0 bridgehead atoms. The molecule has 0 aromatic carbocycles. The first-order valence-electron chi connectivity index (χ1n) is 9.17. The number of pyridine rings is 1. The van der Waals surface area contributed by atoms with Crippen molar-refractivity contribution in [1.29, 1.82) is 0 Å². The minimum absolute atomic E-state index is 0.463. The Morgan fingerprint density at radius 2 is 2.07 bits per heavy atom. The molecule has 1 aliphatic rings. The van der Waals surface area contributed by atoms with Crippen molar-refractivity contribution < 1.29 is 4.52 Å². The lowest BCUT2D eigenvalue weighted by molar-refractivity contribution is 0.195. The number of hydrogen-bond donors (Lipinski definition) is 0.